The van der Waals surface area contributed by atoms with Crippen LogP contribution in [-0.2, 0) is 11.3 Å². The first-order valence-electron chi connectivity index (χ1n) is 7.62. The van der Waals surface area contributed by atoms with Crippen molar-refractivity contribution in [3.8, 4) is 10.7 Å². The van der Waals surface area contributed by atoms with Crippen LogP contribution < -0.4 is 5.32 Å². The first-order chi connectivity index (χ1) is 10.6. The van der Waals surface area contributed by atoms with Crippen LogP contribution in [-0.4, -0.2) is 26.7 Å². The van der Waals surface area contributed by atoms with E-state index in [1.54, 1.807) is 15.9 Å². The van der Waals surface area contributed by atoms with E-state index in [4.69, 9.17) is 12.2 Å². The third-order valence-electron chi connectivity index (χ3n) is 4.10. The molecular formula is C15H20N4OS2. The van der Waals surface area contributed by atoms with Gasteiger partial charge in [0.05, 0.1) is 4.88 Å². The van der Waals surface area contributed by atoms with Crippen LogP contribution in [0, 0.1) is 10.7 Å². The summed E-state index contributed by atoms with van der Waals surface area (Å²) in [6.45, 7) is 2.47. The van der Waals surface area contributed by atoms with Gasteiger partial charge in [-0.05, 0) is 42.4 Å². The van der Waals surface area contributed by atoms with Gasteiger partial charge in [-0.3, -0.25) is 14.5 Å². The predicted molar refractivity (Wildman–Crippen MR) is 90.3 cm³/mol. The number of hydrogen-bond acceptors (Lipinski definition) is 4. The molecule has 1 saturated carbocycles. The number of aromatic amines is 1. The standard InChI is InChI=1S/C15H20N4OS2/c1-10-4-2-5-11(8-10)16-13(20)9-19-14(17-18-15(19)21)12-6-3-7-22-12/h3,6-7,10-11H,2,4-5,8-9H2,1H3,(H,16,20)(H,18,21). The maximum absolute atomic E-state index is 12.3. The van der Waals surface area contributed by atoms with E-state index in [0.717, 1.165) is 23.5 Å². The largest absolute Gasteiger partial charge is 0.352 e. The summed E-state index contributed by atoms with van der Waals surface area (Å²) in [5, 5.41) is 12.2. The van der Waals surface area contributed by atoms with Crippen molar-refractivity contribution in [2.24, 2.45) is 5.92 Å². The first kappa shape index (κ1) is 15.4. The van der Waals surface area contributed by atoms with Gasteiger partial charge in [-0.25, -0.2) is 0 Å². The zero-order chi connectivity index (χ0) is 15.5. The van der Waals surface area contributed by atoms with Crippen LogP contribution in [0.5, 0.6) is 0 Å². The summed E-state index contributed by atoms with van der Waals surface area (Å²) in [5.74, 6) is 1.43. The topological polar surface area (TPSA) is 62.7 Å². The number of thiophene rings is 1. The molecule has 2 aromatic heterocycles. The molecule has 2 atom stereocenters. The Hall–Kier alpha value is -1.47. The van der Waals surface area contributed by atoms with Crippen molar-refractivity contribution in [1.82, 2.24) is 20.1 Å². The lowest BCUT2D eigenvalue weighted by atomic mass is 9.87. The number of carbonyl (C=O) groups is 1. The number of nitrogens with zero attached hydrogens (tertiary/aromatic N) is 2. The van der Waals surface area contributed by atoms with Gasteiger partial charge in [0.25, 0.3) is 0 Å². The van der Waals surface area contributed by atoms with Crippen molar-refractivity contribution >= 4 is 29.5 Å². The molecule has 2 aromatic rings. The predicted octanol–water partition coefficient (Wildman–Crippen LogP) is 3.36. The van der Waals surface area contributed by atoms with E-state index in [9.17, 15) is 4.79 Å². The zero-order valence-corrected chi connectivity index (χ0v) is 14.2. The van der Waals surface area contributed by atoms with Gasteiger partial charge in [0.1, 0.15) is 6.54 Å². The summed E-state index contributed by atoms with van der Waals surface area (Å²) in [6, 6.07) is 4.24. The van der Waals surface area contributed by atoms with Gasteiger partial charge in [-0.1, -0.05) is 25.8 Å². The summed E-state index contributed by atoms with van der Waals surface area (Å²) >= 11 is 6.84. The Bertz CT molecular complexity index is 689. The molecule has 7 heteroatoms. The second-order valence-corrected chi connectivity index (χ2v) is 7.29. The Morgan fingerprint density at radius 1 is 1.59 bits per heavy atom. The molecule has 0 spiro atoms. The van der Waals surface area contributed by atoms with E-state index >= 15 is 0 Å². The summed E-state index contributed by atoms with van der Waals surface area (Å²) in [6.07, 6.45) is 4.60. The molecule has 0 aromatic carbocycles. The Kier molecular flexibility index (Phi) is 4.73. The van der Waals surface area contributed by atoms with E-state index in [0.29, 0.717) is 16.7 Å². The van der Waals surface area contributed by atoms with Gasteiger partial charge >= 0.3 is 0 Å². The molecule has 0 bridgehead atoms. The average Bonchev–Trinajstić information content (AvgIpc) is 3.10. The molecule has 2 N–H and O–H groups in total. The second-order valence-electron chi connectivity index (χ2n) is 5.95. The molecule has 0 radical (unpaired) electrons. The molecule has 1 aliphatic rings. The lowest BCUT2D eigenvalue weighted by molar-refractivity contribution is -0.122. The Morgan fingerprint density at radius 2 is 2.45 bits per heavy atom. The van der Waals surface area contributed by atoms with Crippen LogP contribution in [0.4, 0.5) is 0 Å². The average molecular weight is 336 g/mol. The highest BCUT2D eigenvalue weighted by Gasteiger charge is 2.21. The molecule has 1 fully saturated rings. The second kappa shape index (κ2) is 6.75. The normalized spacial score (nSPS) is 21.7. The van der Waals surface area contributed by atoms with Crippen LogP contribution in [0.25, 0.3) is 10.7 Å². The highest BCUT2D eigenvalue weighted by Crippen LogP contribution is 2.24. The summed E-state index contributed by atoms with van der Waals surface area (Å²) in [7, 11) is 0. The van der Waals surface area contributed by atoms with E-state index in [2.05, 4.69) is 22.4 Å². The van der Waals surface area contributed by atoms with E-state index in [-0.39, 0.29) is 12.5 Å². The fourth-order valence-corrected chi connectivity index (χ4v) is 3.96. The van der Waals surface area contributed by atoms with Crippen LogP contribution in [0.1, 0.15) is 32.6 Å². The highest BCUT2D eigenvalue weighted by molar-refractivity contribution is 7.71. The lowest BCUT2D eigenvalue weighted by Crippen LogP contribution is -2.39. The van der Waals surface area contributed by atoms with E-state index in [1.807, 2.05) is 17.5 Å². The Morgan fingerprint density at radius 3 is 3.18 bits per heavy atom. The highest BCUT2D eigenvalue weighted by atomic mass is 32.1. The van der Waals surface area contributed by atoms with Crippen LogP contribution in [0.3, 0.4) is 0 Å². The third kappa shape index (κ3) is 3.47. The fourth-order valence-electron chi connectivity index (χ4n) is 3.04. The third-order valence-corrected chi connectivity index (χ3v) is 5.28. The Labute approximate surface area is 138 Å². The maximum Gasteiger partial charge on any atom is 0.240 e. The molecule has 2 unspecified atom stereocenters. The molecule has 1 amide bonds. The van der Waals surface area contributed by atoms with Crippen molar-refractivity contribution in [2.45, 2.75) is 45.2 Å². The smallest absolute Gasteiger partial charge is 0.240 e. The number of nitrogens with one attached hydrogen (secondary N) is 2. The molecule has 118 valence electrons. The lowest BCUT2D eigenvalue weighted by Gasteiger charge is -2.27. The van der Waals surface area contributed by atoms with Gasteiger partial charge in [-0.2, -0.15) is 5.10 Å². The molecule has 2 heterocycles. The molecule has 1 aliphatic carbocycles. The summed E-state index contributed by atoms with van der Waals surface area (Å²) in [4.78, 5) is 13.3. The number of H-pyrrole nitrogens is 1. The number of aromatic nitrogens is 3. The Balaban J connectivity index is 1.69. The minimum absolute atomic E-state index is 0.00871. The molecular weight excluding hydrogens is 316 g/mol. The van der Waals surface area contributed by atoms with Gasteiger partial charge in [0.15, 0.2) is 10.6 Å². The summed E-state index contributed by atoms with van der Waals surface area (Å²) in [5.41, 5.74) is 0. The molecule has 22 heavy (non-hydrogen) atoms. The molecule has 0 saturated heterocycles. The minimum atomic E-state index is 0.00871. The molecule has 5 nitrogen and oxygen atoms in total. The van der Waals surface area contributed by atoms with Crippen LogP contribution in [0.15, 0.2) is 17.5 Å². The minimum Gasteiger partial charge on any atom is -0.352 e. The first-order valence-corrected chi connectivity index (χ1v) is 8.90. The van der Waals surface area contributed by atoms with Gasteiger partial charge in [0.2, 0.25) is 5.91 Å². The van der Waals surface area contributed by atoms with E-state index in [1.165, 1.54) is 12.8 Å². The fraction of sp³-hybridized carbons (Fsp3) is 0.533. The van der Waals surface area contributed by atoms with E-state index < -0.39 is 0 Å². The number of amides is 1. The summed E-state index contributed by atoms with van der Waals surface area (Å²) < 4.78 is 2.25. The number of hydrogen-bond donors (Lipinski definition) is 2. The SMILES string of the molecule is CC1CCCC(NC(=O)Cn2c(-c3cccs3)n[nH]c2=S)C1. The number of rotatable bonds is 4. The van der Waals surface area contributed by atoms with Crippen molar-refractivity contribution in [3.05, 3.63) is 22.3 Å². The van der Waals surface area contributed by atoms with Crippen molar-refractivity contribution < 1.29 is 4.79 Å². The van der Waals surface area contributed by atoms with Crippen LogP contribution in [0.2, 0.25) is 0 Å². The van der Waals surface area contributed by atoms with Crippen LogP contribution >= 0.6 is 23.6 Å². The molecule has 3 rings (SSSR count). The van der Waals surface area contributed by atoms with Gasteiger partial charge in [-0.15, -0.1) is 11.3 Å². The van der Waals surface area contributed by atoms with Gasteiger partial charge in [0, 0.05) is 6.04 Å². The molecule has 0 aliphatic heterocycles. The maximum atomic E-state index is 12.3. The van der Waals surface area contributed by atoms with Crippen molar-refractivity contribution in [3.63, 3.8) is 0 Å². The quantitative estimate of drug-likeness (QED) is 0.842. The zero-order valence-electron chi connectivity index (χ0n) is 12.5. The monoisotopic (exact) mass is 336 g/mol. The van der Waals surface area contributed by atoms with Gasteiger partial charge < -0.3 is 5.32 Å². The number of carbonyl (C=O) groups excluding carboxylic acids is 1. The van der Waals surface area contributed by atoms with Crippen molar-refractivity contribution in [1.29, 1.82) is 0 Å². The van der Waals surface area contributed by atoms with Crippen molar-refractivity contribution in [2.75, 3.05) is 0 Å².